The number of hydrazone groups is 1. The Hall–Kier alpha value is -3.73. The van der Waals surface area contributed by atoms with Gasteiger partial charge < -0.3 is 4.42 Å². The molecule has 0 amide bonds. The van der Waals surface area contributed by atoms with Gasteiger partial charge in [0.15, 0.2) is 0 Å². The summed E-state index contributed by atoms with van der Waals surface area (Å²) in [5.74, 6) is 1.18. The van der Waals surface area contributed by atoms with Crippen molar-refractivity contribution in [3.63, 3.8) is 0 Å². The van der Waals surface area contributed by atoms with E-state index in [1.165, 1.54) is 0 Å². The topological polar surface area (TPSA) is 54.5 Å². The van der Waals surface area contributed by atoms with Crippen LogP contribution in [-0.2, 0) is 0 Å². The second-order valence-electron chi connectivity index (χ2n) is 5.95. The van der Waals surface area contributed by atoms with Crippen molar-refractivity contribution in [3.8, 4) is 22.5 Å². The van der Waals surface area contributed by atoms with Gasteiger partial charge in [-0.2, -0.15) is 5.10 Å². The molecule has 0 spiro atoms. The highest BCUT2D eigenvalue weighted by Crippen LogP contribution is 2.26. The van der Waals surface area contributed by atoms with Crippen LogP contribution in [0, 0.1) is 0 Å². The van der Waals surface area contributed by atoms with Gasteiger partial charge in [0.25, 0.3) is 0 Å². The van der Waals surface area contributed by atoms with Crippen LogP contribution in [0.1, 0.15) is 5.76 Å². The first kappa shape index (κ1) is 16.7. The van der Waals surface area contributed by atoms with Crippen molar-refractivity contribution in [2.45, 2.75) is 0 Å². The smallest absolute Gasteiger partial charge is 0.247 e. The molecule has 27 heavy (non-hydrogen) atoms. The number of hydrogen-bond donors (Lipinski definition) is 0. The van der Waals surface area contributed by atoms with Gasteiger partial charge in [-0.05, 0) is 18.2 Å². The van der Waals surface area contributed by atoms with E-state index in [-0.39, 0.29) is 0 Å². The molecule has 0 fully saturated rings. The molecular weight excluding hydrogens is 336 g/mol. The molecule has 5 heteroatoms. The third-order valence-electron chi connectivity index (χ3n) is 4.04. The van der Waals surface area contributed by atoms with Crippen LogP contribution >= 0.6 is 0 Å². The Kier molecular flexibility index (Phi) is 4.74. The van der Waals surface area contributed by atoms with Crippen LogP contribution in [0.4, 0.5) is 5.95 Å². The lowest BCUT2D eigenvalue weighted by molar-refractivity contribution is 0.560. The lowest BCUT2D eigenvalue weighted by Crippen LogP contribution is -2.13. The number of aromatic nitrogens is 2. The molecule has 132 valence electrons. The van der Waals surface area contributed by atoms with Gasteiger partial charge in [0, 0.05) is 18.2 Å². The van der Waals surface area contributed by atoms with Crippen LogP contribution in [0.15, 0.2) is 94.6 Å². The number of anilines is 1. The van der Waals surface area contributed by atoms with Crippen molar-refractivity contribution >= 4 is 12.2 Å². The molecule has 0 N–H and O–H groups in total. The van der Waals surface area contributed by atoms with E-state index in [9.17, 15) is 0 Å². The minimum Gasteiger partial charge on any atom is -0.463 e. The summed E-state index contributed by atoms with van der Waals surface area (Å²) >= 11 is 0. The third kappa shape index (κ3) is 3.93. The number of benzene rings is 2. The van der Waals surface area contributed by atoms with Crippen molar-refractivity contribution in [3.05, 3.63) is 90.9 Å². The Balaban J connectivity index is 1.76. The Morgan fingerprint density at radius 2 is 1.41 bits per heavy atom. The predicted octanol–water partition coefficient (Wildman–Crippen LogP) is 4.87. The molecule has 2 aromatic heterocycles. The minimum absolute atomic E-state index is 0.512. The van der Waals surface area contributed by atoms with Crippen molar-refractivity contribution < 1.29 is 4.42 Å². The van der Waals surface area contributed by atoms with Crippen LogP contribution in [0.25, 0.3) is 22.5 Å². The summed E-state index contributed by atoms with van der Waals surface area (Å²) in [6, 6.07) is 25.8. The summed E-state index contributed by atoms with van der Waals surface area (Å²) in [7, 11) is 1.82. The average molecular weight is 354 g/mol. The van der Waals surface area contributed by atoms with Crippen LogP contribution in [0.2, 0.25) is 0 Å². The van der Waals surface area contributed by atoms with E-state index in [1.807, 2.05) is 85.9 Å². The maximum Gasteiger partial charge on any atom is 0.247 e. The lowest BCUT2D eigenvalue weighted by Gasteiger charge is -2.14. The summed E-state index contributed by atoms with van der Waals surface area (Å²) in [5, 5.41) is 6.04. The van der Waals surface area contributed by atoms with Gasteiger partial charge in [-0.25, -0.2) is 15.0 Å². The first-order valence-corrected chi connectivity index (χ1v) is 8.61. The molecular formula is C22H18N4O. The first-order chi connectivity index (χ1) is 13.3. The fraction of sp³-hybridized carbons (Fsp3) is 0.0455. The Morgan fingerprint density at radius 3 is 1.93 bits per heavy atom. The van der Waals surface area contributed by atoms with Crippen LogP contribution in [-0.4, -0.2) is 23.2 Å². The van der Waals surface area contributed by atoms with Gasteiger partial charge in [-0.3, -0.25) is 0 Å². The van der Waals surface area contributed by atoms with E-state index in [4.69, 9.17) is 14.4 Å². The molecule has 0 unspecified atom stereocenters. The minimum atomic E-state index is 0.512. The van der Waals surface area contributed by atoms with Crippen LogP contribution in [0.5, 0.6) is 0 Å². The highest BCUT2D eigenvalue weighted by atomic mass is 16.3. The van der Waals surface area contributed by atoms with E-state index in [2.05, 4.69) is 5.10 Å². The zero-order chi connectivity index (χ0) is 18.5. The predicted molar refractivity (Wildman–Crippen MR) is 108 cm³/mol. The highest BCUT2D eigenvalue weighted by molar-refractivity contribution is 5.76. The average Bonchev–Trinajstić information content (AvgIpc) is 3.27. The monoisotopic (exact) mass is 354 g/mol. The fourth-order valence-electron chi connectivity index (χ4n) is 2.65. The summed E-state index contributed by atoms with van der Waals surface area (Å²) < 4.78 is 5.29. The fourth-order valence-corrected chi connectivity index (χ4v) is 2.65. The molecule has 4 aromatic rings. The summed E-state index contributed by atoms with van der Waals surface area (Å²) in [4.78, 5) is 9.40. The van der Waals surface area contributed by atoms with Crippen molar-refractivity contribution in [2.24, 2.45) is 5.10 Å². The molecule has 0 saturated heterocycles. The highest BCUT2D eigenvalue weighted by Gasteiger charge is 2.11. The standard InChI is InChI=1S/C22H18N4O/c1-26(23-16-19-13-8-14-27-19)22-24-20(17-9-4-2-5-10-17)15-21(25-22)18-11-6-3-7-12-18/h2-16H,1H3/b23-16-. The Bertz CT molecular complexity index is 971. The first-order valence-electron chi connectivity index (χ1n) is 8.61. The Morgan fingerprint density at radius 1 is 0.815 bits per heavy atom. The summed E-state index contributed by atoms with van der Waals surface area (Å²) in [6.45, 7) is 0. The molecule has 5 nitrogen and oxygen atoms in total. The number of rotatable bonds is 5. The second kappa shape index (κ2) is 7.66. The van der Waals surface area contributed by atoms with E-state index in [0.29, 0.717) is 11.7 Å². The zero-order valence-corrected chi connectivity index (χ0v) is 14.9. The maximum atomic E-state index is 5.29. The third-order valence-corrected chi connectivity index (χ3v) is 4.04. The van der Waals surface area contributed by atoms with E-state index in [1.54, 1.807) is 17.5 Å². The summed E-state index contributed by atoms with van der Waals surface area (Å²) in [5.41, 5.74) is 3.75. The van der Waals surface area contributed by atoms with Gasteiger partial charge in [0.2, 0.25) is 5.95 Å². The van der Waals surface area contributed by atoms with Crippen LogP contribution in [0.3, 0.4) is 0 Å². The molecule has 0 bridgehead atoms. The molecule has 0 aliphatic heterocycles. The zero-order valence-electron chi connectivity index (χ0n) is 14.9. The molecule has 0 radical (unpaired) electrons. The molecule has 0 aliphatic carbocycles. The quantitative estimate of drug-likeness (QED) is 0.379. The number of nitrogens with zero attached hydrogens (tertiary/aromatic N) is 4. The van der Waals surface area contributed by atoms with Gasteiger partial charge in [0.1, 0.15) is 5.76 Å². The SMILES string of the molecule is CN(/N=C\c1ccco1)c1nc(-c2ccccc2)cc(-c2ccccc2)n1. The van der Waals surface area contributed by atoms with E-state index >= 15 is 0 Å². The second-order valence-corrected chi connectivity index (χ2v) is 5.95. The molecule has 0 aliphatic rings. The molecule has 4 rings (SSSR count). The normalized spacial score (nSPS) is 11.0. The molecule has 0 saturated carbocycles. The van der Waals surface area contributed by atoms with Gasteiger partial charge in [-0.15, -0.1) is 0 Å². The molecule has 2 aromatic carbocycles. The van der Waals surface area contributed by atoms with Crippen LogP contribution < -0.4 is 5.01 Å². The van der Waals surface area contributed by atoms with Crippen molar-refractivity contribution in [1.29, 1.82) is 0 Å². The van der Waals surface area contributed by atoms with Gasteiger partial charge >= 0.3 is 0 Å². The molecule has 2 heterocycles. The summed E-state index contributed by atoms with van der Waals surface area (Å²) in [6.07, 6.45) is 3.25. The van der Waals surface area contributed by atoms with Crippen molar-refractivity contribution in [2.75, 3.05) is 12.1 Å². The van der Waals surface area contributed by atoms with Gasteiger partial charge in [-0.1, -0.05) is 60.7 Å². The van der Waals surface area contributed by atoms with Crippen molar-refractivity contribution in [1.82, 2.24) is 9.97 Å². The largest absolute Gasteiger partial charge is 0.463 e. The Labute approximate surface area is 157 Å². The number of hydrogen-bond acceptors (Lipinski definition) is 5. The van der Waals surface area contributed by atoms with Gasteiger partial charge in [0.05, 0.1) is 23.9 Å². The molecule has 0 atom stereocenters. The lowest BCUT2D eigenvalue weighted by atomic mass is 10.1. The van der Waals surface area contributed by atoms with E-state index in [0.717, 1.165) is 22.5 Å². The number of furan rings is 1. The maximum absolute atomic E-state index is 5.29. The van der Waals surface area contributed by atoms with E-state index < -0.39 is 0 Å².